The molecule has 27 heavy (non-hydrogen) atoms. The van der Waals surface area contributed by atoms with Crippen molar-refractivity contribution in [2.45, 2.75) is 37.8 Å². The number of hydrogen-bond donors (Lipinski definition) is 0. The molecule has 1 aliphatic carbocycles. The van der Waals surface area contributed by atoms with Gasteiger partial charge in [0.05, 0.1) is 12.6 Å². The van der Waals surface area contributed by atoms with E-state index in [9.17, 15) is 0 Å². The van der Waals surface area contributed by atoms with Gasteiger partial charge in [-0.15, -0.1) is 0 Å². The van der Waals surface area contributed by atoms with Crippen LogP contribution in [0.15, 0.2) is 24.3 Å². The Labute approximate surface area is 164 Å². The molecule has 2 aliphatic heterocycles. The highest BCUT2D eigenvalue weighted by atomic mass is 16.5. The van der Waals surface area contributed by atoms with E-state index in [-0.39, 0.29) is 0 Å². The molecule has 4 heteroatoms. The molecule has 1 aromatic rings. The lowest BCUT2D eigenvalue weighted by molar-refractivity contribution is 0.0141. The first-order valence-electron chi connectivity index (χ1n) is 10.6. The Morgan fingerprint density at radius 2 is 1.59 bits per heavy atom. The predicted molar refractivity (Wildman–Crippen MR) is 110 cm³/mol. The van der Waals surface area contributed by atoms with Gasteiger partial charge in [-0.05, 0) is 43.9 Å². The van der Waals surface area contributed by atoms with Crippen molar-refractivity contribution in [2.75, 3.05) is 59.5 Å². The lowest BCUT2D eigenvalue weighted by Gasteiger charge is -2.35. The quantitative estimate of drug-likeness (QED) is 0.757. The molecule has 4 rings (SSSR count). The molecule has 2 heterocycles. The maximum atomic E-state index is 6.04. The van der Waals surface area contributed by atoms with Gasteiger partial charge in [0.25, 0.3) is 0 Å². The van der Waals surface area contributed by atoms with E-state index in [2.05, 4.69) is 57.9 Å². The van der Waals surface area contributed by atoms with Crippen molar-refractivity contribution in [2.24, 2.45) is 0 Å². The minimum absolute atomic E-state index is 0.392. The third-order valence-corrected chi connectivity index (χ3v) is 6.44. The van der Waals surface area contributed by atoms with E-state index in [0.717, 1.165) is 58.7 Å². The minimum Gasteiger partial charge on any atom is -0.365 e. The third-order valence-electron chi connectivity index (χ3n) is 6.44. The van der Waals surface area contributed by atoms with Crippen molar-refractivity contribution < 1.29 is 4.74 Å². The number of hydrogen-bond acceptors (Lipinski definition) is 4. The molecule has 3 aliphatic rings. The number of nitrogens with zero attached hydrogens (tertiary/aromatic N) is 3. The van der Waals surface area contributed by atoms with Crippen LogP contribution in [0.4, 0.5) is 0 Å². The second kappa shape index (κ2) is 9.21. The topological polar surface area (TPSA) is 19.0 Å². The summed E-state index contributed by atoms with van der Waals surface area (Å²) in [5.41, 5.74) is 3.10. The first-order valence-corrected chi connectivity index (χ1v) is 10.6. The van der Waals surface area contributed by atoms with Crippen LogP contribution in [0.2, 0.25) is 0 Å². The number of piperazine rings is 1. The van der Waals surface area contributed by atoms with Crippen LogP contribution < -0.4 is 0 Å². The molecule has 0 bridgehead atoms. The molecule has 0 amide bonds. The van der Waals surface area contributed by atoms with Crippen LogP contribution in [0.3, 0.4) is 0 Å². The fourth-order valence-corrected chi connectivity index (χ4v) is 4.59. The van der Waals surface area contributed by atoms with Gasteiger partial charge < -0.3 is 9.64 Å². The SMILES string of the molecule is CN1CCN(CC#CCOC2CCN(C3Cc4ccccc4C3)CC2)CC1. The molecule has 0 atom stereocenters. The average Bonchev–Trinajstić information content (AvgIpc) is 3.14. The largest absolute Gasteiger partial charge is 0.365 e. The van der Waals surface area contributed by atoms with E-state index >= 15 is 0 Å². The zero-order chi connectivity index (χ0) is 18.5. The highest BCUT2D eigenvalue weighted by Gasteiger charge is 2.29. The van der Waals surface area contributed by atoms with Crippen LogP contribution in [0, 0.1) is 11.8 Å². The monoisotopic (exact) mass is 367 g/mol. The van der Waals surface area contributed by atoms with Gasteiger partial charge in [0.2, 0.25) is 0 Å². The summed E-state index contributed by atoms with van der Waals surface area (Å²) < 4.78 is 6.04. The Morgan fingerprint density at radius 3 is 2.26 bits per heavy atom. The van der Waals surface area contributed by atoms with Gasteiger partial charge in [0.15, 0.2) is 0 Å². The van der Waals surface area contributed by atoms with Crippen LogP contribution in [0.1, 0.15) is 24.0 Å². The van der Waals surface area contributed by atoms with Crippen molar-refractivity contribution in [3.05, 3.63) is 35.4 Å². The molecular weight excluding hydrogens is 334 g/mol. The van der Waals surface area contributed by atoms with E-state index in [1.54, 1.807) is 11.1 Å². The highest BCUT2D eigenvalue weighted by Crippen LogP contribution is 2.27. The number of piperidine rings is 1. The van der Waals surface area contributed by atoms with E-state index in [1.165, 1.54) is 12.8 Å². The van der Waals surface area contributed by atoms with Crippen LogP contribution in [0.25, 0.3) is 0 Å². The number of likely N-dealkylation sites (tertiary alicyclic amines) is 1. The maximum Gasteiger partial charge on any atom is 0.108 e. The molecule has 4 nitrogen and oxygen atoms in total. The summed E-state index contributed by atoms with van der Waals surface area (Å²) in [5, 5.41) is 0. The molecule has 0 radical (unpaired) electrons. The first kappa shape index (κ1) is 19.0. The first-order chi connectivity index (χ1) is 13.3. The van der Waals surface area contributed by atoms with Gasteiger partial charge in [-0.1, -0.05) is 36.1 Å². The number of benzene rings is 1. The molecule has 1 aromatic carbocycles. The van der Waals surface area contributed by atoms with Gasteiger partial charge in [-0.25, -0.2) is 0 Å². The Morgan fingerprint density at radius 1 is 0.926 bits per heavy atom. The third kappa shape index (κ3) is 5.12. The van der Waals surface area contributed by atoms with Crippen LogP contribution >= 0.6 is 0 Å². The normalized spacial score (nSPS) is 23.1. The Kier molecular flexibility index (Phi) is 6.47. The second-order valence-corrected chi connectivity index (χ2v) is 8.31. The van der Waals surface area contributed by atoms with Gasteiger partial charge in [0.1, 0.15) is 6.61 Å². The molecule has 146 valence electrons. The fourth-order valence-electron chi connectivity index (χ4n) is 4.59. The maximum absolute atomic E-state index is 6.04. The number of likely N-dealkylation sites (N-methyl/N-ethyl adjacent to an activating group) is 1. The lowest BCUT2D eigenvalue weighted by Crippen LogP contribution is -2.44. The second-order valence-electron chi connectivity index (χ2n) is 8.31. The molecule has 0 saturated carbocycles. The molecule has 0 spiro atoms. The zero-order valence-corrected chi connectivity index (χ0v) is 16.7. The molecule has 0 unspecified atom stereocenters. The Bertz CT molecular complexity index is 639. The average molecular weight is 368 g/mol. The summed E-state index contributed by atoms with van der Waals surface area (Å²) in [6, 6.07) is 9.64. The van der Waals surface area contributed by atoms with Gasteiger partial charge >= 0.3 is 0 Å². The van der Waals surface area contributed by atoms with E-state index < -0.39 is 0 Å². The molecular formula is C23H33N3O. The van der Waals surface area contributed by atoms with Crippen LogP contribution in [0.5, 0.6) is 0 Å². The Balaban J connectivity index is 1.12. The smallest absolute Gasteiger partial charge is 0.108 e. The van der Waals surface area contributed by atoms with Crippen molar-refractivity contribution in [3.63, 3.8) is 0 Å². The minimum atomic E-state index is 0.392. The molecule has 0 aromatic heterocycles. The summed E-state index contributed by atoms with van der Waals surface area (Å²) >= 11 is 0. The van der Waals surface area contributed by atoms with E-state index in [4.69, 9.17) is 4.74 Å². The van der Waals surface area contributed by atoms with Gasteiger partial charge in [-0.3, -0.25) is 9.80 Å². The Hall–Kier alpha value is -1.38. The number of fused-ring (bicyclic) bond motifs is 1. The summed E-state index contributed by atoms with van der Waals surface area (Å²) in [6.45, 7) is 8.39. The molecule has 2 saturated heterocycles. The van der Waals surface area contributed by atoms with Gasteiger partial charge in [0, 0.05) is 45.3 Å². The summed E-state index contributed by atoms with van der Waals surface area (Å²) in [6.07, 6.45) is 5.13. The van der Waals surface area contributed by atoms with Crippen molar-refractivity contribution in [3.8, 4) is 11.8 Å². The van der Waals surface area contributed by atoms with E-state index in [0.29, 0.717) is 18.8 Å². The number of rotatable bonds is 4. The van der Waals surface area contributed by atoms with E-state index in [1.807, 2.05) is 0 Å². The summed E-state index contributed by atoms with van der Waals surface area (Å²) in [7, 11) is 2.19. The lowest BCUT2D eigenvalue weighted by atomic mass is 10.0. The van der Waals surface area contributed by atoms with Crippen LogP contribution in [-0.4, -0.2) is 86.3 Å². The van der Waals surface area contributed by atoms with Gasteiger partial charge in [-0.2, -0.15) is 0 Å². The standard InChI is InChI=1S/C23H33N3O/c1-24-13-15-25(16-14-24)10-4-5-17-27-23-8-11-26(12-9-23)22-18-20-6-2-3-7-21(20)19-22/h2-3,6-7,22-23H,8-19H2,1H3. The summed E-state index contributed by atoms with van der Waals surface area (Å²) in [4.78, 5) is 7.49. The molecule has 2 fully saturated rings. The fraction of sp³-hybridized carbons (Fsp3) is 0.652. The number of ether oxygens (including phenoxy) is 1. The van der Waals surface area contributed by atoms with Crippen molar-refractivity contribution >= 4 is 0 Å². The van der Waals surface area contributed by atoms with Crippen molar-refractivity contribution in [1.29, 1.82) is 0 Å². The zero-order valence-electron chi connectivity index (χ0n) is 16.7. The molecule has 0 N–H and O–H groups in total. The highest BCUT2D eigenvalue weighted by molar-refractivity contribution is 5.33. The van der Waals surface area contributed by atoms with Crippen LogP contribution in [-0.2, 0) is 17.6 Å². The summed E-state index contributed by atoms with van der Waals surface area (Å²) in [5.74, 6) is 6.52. The predicted octanol–water partition coefficient (Wildman–Crippen LogP) is 1.89. The van der Waals surface area contributed by atoms with Crippen molar-refractivity contribution in [1.82, 2.24) is 14.7 Å².